The van der Waals surface area contributed by atoms with Crippen molar-refractivity contribution in [2.75, 3.05) is 12.3 Å². The van der Waals surface area contributed by atoms with Crippen molar-refractivity contribution >= 4 is 50.5 Å². The van der Waals surface area contributed by atoms with E-state index in [1.165, 1.54) is 11.3 Å². The summed E-state index contributed by atoms with van der Waals surface area (Å²) in [6.45, 7) is 3.96. The van der Waals surface area contributed by atoms with E-state index in [0.29, 0.717) is 22.2 Å². The molecule has 1 heterocycles. The Hall–Kier alpha value is -1.04. The molecular formula is C14H13BrClNO2S. The molecule has 2 N–H and O–H groups in total. The highest BCUT2D eigenvalue weighted by Crippen LogP contribution is 2.43. The molecule has 20 heavy (non-hydrogen) atoms. The first kappa shape index (κ1) is 15.4. The van der Waals surface area contributed by atoms with Crippen LogP contribution < -0.4 is 5.73 Å². The summed E-state index contributed by atoms with van der Waals surface area (Å²) < 4.78 is 5.82. The maximum Gasteiger partial charge on any atom is 0.350 e. The van der Waals surface area contributed by atoms with Gasteiger partial charge in [-0.3, -0.25) is 0 Å². The fourth-order valence-corrected chi connectivity index (χ4v) is 3.61. The Bertz CT molecular complexity index is 669. The molecule has 6 heteroatoms. The Balaban J connectivity index is 2.56. The number of carbonyl (C=O) groups is 1. The Kier molecular flexibility index (Phi) is 4.73. The average molecular weight is 375 g/mol. The maximum atomic E-state index is 11.9. The summed E-state index contributed by atoms with van der Waals surface area (Å²) in [6.07, 6.45) is 0. The quantitative estimate of drug-likeness (QED) is 0.778. The van der Waals surface area contributed by atoms with Crippen LogP contribution in [0.5, 0.6) is 0 Å². The summed E-state index contributed by atoms with van der Waals surface area (Å²) >= 11 is 11.0. The zero-order chi connectivity index (χ0) is 14.9. The number of hydrogen-bond acceptors (Lipinski definition) is 4. The second-order valence-corrected chi connectivity index (χ2v) is 6.37. The SMILES string of the molecule is CCOC(=O)c1sc(-c2cccc(Br)c2Cl)c(C)c1N. The van der Waals surface area contributed by atoms with Gasteiger partial charge >= 0.3 is 5.97 Å². The smallest absolute Gasteiger partial charge is 0.350 e. The Morgan fingerprint density at radius 3 is 2.85 bits per heavy atom. The van der Waals surface area contributed by atoms with E-state index in [9.17, 15) is 4.79 Å². The zero-order valence-electron chi connectivity index (χ0n) is 11.0. The van der Waals surface area contributed by atoms with Gasteiger partial charge in [0.1, 0.15) is 4.88 Å². The van der Waals surface area contributed by atoms with Gasteiger partial charge in [-0.15, -0.1) is 11.3 Å². The molecule has 2 aromatic rings. The van der Waals surface area contributed by atoms with E-state index in [1.807, 2.05) is 25.1 Å². The van der Waals surface area contributed by atoms with Crippen LogP contribution in [0.2, 0.25) is 5.02 Å². The number of benzene rings is 1. The number of ether oxygens (including phenoxy) is 1. The second-order valence-electron chi connectivity index (χ2n) is 4.12. The first-order valence-corrected chi connectivity index (χ1v) is 7.96. The molecule has 0 spiro atoms. The minimum atomic E-state index is -0.393. The van der Waals surface area contributed by atoms with E-state index in [1.54, 1.807) is 6.92 Å². The van der Waals surface area contributed by atoms with Crippen molar-refractivity contribution in [1.29, 1.82) is 0 Å². The molecule has 0 fully saturated rings. The van der Waals surface area contributed by atoms with Crippen molar-refractivity contribution in [3.8, 4) is 10.4 Å². The molecule has 0 bridgehead atoms. The molecule has 0 saturated heterocycles. The Morgan fingerprint density at radius 1 is 1.50 bits per heavy atom. The highest BCUT2D eigenvalue weighted by molar-refractivity contribution is 9.10. The standard InChI is InChI=1S/C14H13BrClNO2S/c1-3-19-14(18)13-11(17)7(2)12(20-13)8-5-4-6-9(15)10(8)16/h4-6H,3,17H2,1-2H3. The van der Waals surface area contributed by atoms with Crippen molar-refractivity contribution in [3.05, 3.63) is 38.1 Å². The fraction of sp³-hybridized carbons (Fsp3) is 0.214. The number of nitrogen functional groups attached to an aromatic ring is 1. The number of esters is 1. The number of rotatable bonds is 3. The topological polar surface area (TPSA) is 52.3 Å². The number of carbonyl (C=O) groups excluding carboxylic acids is 1. The highest BCUT2D eigenvalue weighted by atomic mass is 79.9. The van der Waals surface area contributed by atoms with Crippen molar-refractivity contribution in [1.82, 2.24) is 0 Å². The molecule has 2 rings (SSSR count). The molecule has 0 unspecified atom stereocenters. The van der Waals surface area contributed by atoms with Gasteiger partial charge in [-0.25, -0.2) is 4.79 Å². The Labute approximate surface area is 134 Å². The molecule has 0 aliphatic carbocycles. The summed E-state index contributed by atoms with van der Waals surface area (Å²) in [4.78, 5) is 13.2. The van der Waals surface area contributed by atoms with Crippen LogP contribution in [-0.4, -0.2) is 12.6 Å². The minimum Gasteiger partial charge on any atom is -0.462 e. The van der Waals surface area contributed by atoms with E-state index in [-0.39, 0.29) is 0 Å². The van der Waals surface area contributed by atoms with Gasteiger partial charge in [-0.2, -0.15) is 0 Å². The van der Waals surface area contributed by atoms with Crippen molar-refractivity contribution in [2.45, 2.75) is 13.8 Å². The Morgan fingerprint density at radius 2 is 2.20 bits per heavy atom. The van der Waals surface area contributed by atoms with Crippen LogP contribution in [0.3, 0.4) is 0 Å². The van der Waals surface area contributed by atoms with Crippen LogP contribution in [0.15, 0.2) is 22.7 Å². The second kappa shape index (κ2) is 6.16. The van der Waals surface area contributed by atoms with Crippen LogP contribution in [0.1, 0.15) is 22.2 Å². The molecule has 1 aromatic carbocycles. The first-order valence-electron chi connectivity index (χ1n) is 5.97. The van der Waals surface area contributed by atoms with E-state index in [2.05, 4.69) is 15.9 Å². The van der Waals surface area contributed by atoms with E-state index in [4.69, 9.17) is 22.1 Å². The van der Waals surface area contributed by atoms with Crippen LogP contribution in [0, 0.1) is 6.92 Å². The number of thiophene rings is 1. The lowest BCUT2D eigenvalue weighted by molar-refractivity contribution is 0.0533. The van der Waals surface area contributed by atoms with Crippen molar-refractivity contribution in [3.63, 3.8) is 0 Å². The number of nitrogens with two attached hydrogens (primary N) is 1. The van der Waals surface area contributed by atoms with Gasteiger partial charge in [0.15, 0.2) is 0 Å². The lowest BCUT2D eigenvalue weighted by atomic mass is 10.1. The summed E-state index contributed by atoms with van der Waals surface area (Å²) in [5.41, 5.74) is 8.17. The third-order valence-electron chi connectivity index (χ3n) is 2.85. The van der Waals surface area contributed by atoms with Crippen LogP contribution in [0.4, 0.5) is 5.69 Å². The summed E-state index contributed by atoms with van der Waals surface area (Å²) in [7, 11) is 0. The molecule has 0 amide bonds. The molecule has 3 nitrogen and oxygen atoms in total. The van der Waals surface area contributed by atoms with Gasteiger partial charge in [0.05, 0.1) is 17.3 Å². The fourth-order valence-electron chi connectivity index (χ4n) is 1.81. The van der Waals surface area contributed by atoms with Gasteiger partial charge in [0.25, 0.3) is 0 Å². The summed E-state index contributed by atoms with van der Waals surface area (Å²) in [6, 6.07) is 5.66. The molecule has 0 aliphatic heterocycles. The first-order chi connectivity index (χ1) is 9.47. The van der Waals surface area contributed by atoms with Gasteiger partial charge in [-0.05, 0) is 41.4 Å². The molecule has 106 valence electrons. The van der Waals surface area contributed by atoms with E-state index in [0.717, 1.165) is 20.5 Å². The summed E-state index contributed by atoms with van der Waals surface area (Å²) in [5, 5.41) is 0.604. The molecule has 1 aromatic heterocycles. The highest BCUT2D eigenvalue weighted by Gasteiger charge is 2.21. The molecule has 0 radical (unpaired) electrons. The average Bonchev–Trinajstić information content (AvgIpc) is 2.70. The van der Waals surface area contributed by atoms with Crippen molar-refractivity contribution in [2.24, 2.45) is 0 Å². The van der Waals surface area contributed by atoms with E-state index < -0.39 is 5.97 Å². The third-order valence-corrected chi connectivity index (χ3v) is 5.47. The minimum absolute atomic E-state index is 0.322. The van der Waals surface area contributed by atoms with Gasteiger partial charge in [-0.1, -0.05) is 23.7 Å². The van der Waals surface area contributed by atoms with E-state index >= 15 is 0 Å². The molecule has 0 saturated carbocycles. The number of hydrogen-bond donors (Lipinski definition) is 1. The van der Waals surface area contributed by atoms with Crippen LogP contribution in [0.25, 0.3) is 10.4 Å². The van der Waals surface area contributed by atoms with Gasteiger partial charge in [0.2, 0.25) is 0 Å². The molecule has 0 atom stereocenters. The largest absolute Gasteiger partial charge is 0.462 e. The van der Waals surface area contributed by atoms with Gasteiger partial charge < -0.3 is 10.5 Å². The predicted octanol–water partition coefficient (Wildman–Crippen LogP) is 4.90. The van der Waals surface area contributed by atoms with Gasteiger partial charge in [0, 0.05) is 14.9 Å². The summed E-state index contributed by atoms with van der Waals surface area (Å²) in [5.74, 6) is -0.393. The molecule has 0 aliphatic rings. The third kappa shape index (κ3) is 2.71. The monoisotopic (exact) mass is 373 g/mol. The maximum absolute atomic E-state index is 11.9. The van der Waals surface area contributed by atoms with Crippen molar-refractivity contribution < 1.29 is 9.53 Å². The number of halogens is 2. The zero-order valence-corrected chi connectivity index (χ0v) is 14.2. The normalized spacial score (nSPS) is 10.6. The predicted molar refractivity (Wildman–Crippen MR) is 87.6 cm³/mol. The lowest BCUT2D eigenvalue weighted by Gasteiger charge is -2.04. The van der Waals surface area contributed by atoms with Crippen LogP contribution >= 0.6 is 38.9 Å². The molecular weight excluding hydrogens is 362 g/mol. The van der Waals surface area contributed by atoms with Crippen LogP contribution in [-0.2, 0) is 4.74 Å². The number of anilines is 1. The lowest BCUT2D eigenvalue weighted by Crippen LogP contribution is -2.05.